The largest absolute Gasteiger partial charge is 0.352 e. The van der Waals surface area contributed by atoms with Gasteiger partial charge in [0.25, 0.3) is 0 Å². The molecule has 0 saturated carbocycles. The van der Waals surface area contributed by atoms with E-state index in [2.05, 4.69) is 93.3 Å². The minimum Gasteiger partial charge on any atom is -0.352 e. The van der Waals surface area contributed by atoms with Crippen molar-refractivity contribution < 1.29 is 0 Å². The van der Waals surface area contributed by atoms with E-state index in [4.69, 9.17) is 15.0 Å². The first-order valence-electron chi connectivity index (χ1n) is 15.1. The summed E-state index contributed by atoms with van der Waals surface area (Å²) in [6.45, 7) is 0. The van der Waals surface area contributed by atoms with Crippen LogP contribution in [0.5, 0.6) is 0 Å². The van der Waals surface area contributed by atoms with Gasteiger partial charge in [0.15, 0.2) is 11.6 Å². The lowest BCUT2D eigenvalue weighted by atomic mass is 10.1. The van der Waals surface area contributed by atoms with Crippen molar-refractivity contribution in [2.24, 2.45) is 0 Å². The van der Waals surface area contributed by atoms with E-state index in [-0.39, 0.29) is 0 Å². The number of hydrogen-bond donors (Lipinski definition) is 1. The Labute approximate surface area is 257 Å². The summed E-state index contributed by atoms with van der Waals surface area (Å²) in [6.07, 6.45) is 0. The molecular weight excluding hydrogens is 552 g/mol. The Morgan fingerprint density at radius 2 is 1.00 bits per heavy atom. The van der Waals surface area contributed by atoms with Crippen LogP contribution in [0, 0.1) is 0 Å². The van der Waals surface area contributed by atoms with Crippen LogP contribution in [-0.4, -0.2) is 24.1 Å². The lowest BCUT2D eigenvalue weighted by molar-refractivity contribution is 0.954. The molecule has 0 unspecified atom stereocenters. The zero-order valence-corrected chi connectivity index (χ0v) is 24.0. The molecule has 0 spiro atoms. The van der Waals surface area contributed by atoms with Crippen molar-refractivity contribution in [1.82, 2.24) is 24.1 Å². The molecule has 0 atom stereocenters. The molecule has 0 fully saturated rings. The lowest BCUT2D eigenvalue weighted by Gasteiger charge is -2.21. The van der Waals surface area contributed by atoms with Crippen LogP contribution >= 0.6 is 0 Å². The van der Waals surface area contributed by atoms with Crippen LogP contribution in [0.15, 0.2) is 140 Å². The molecule has 6 aromatic carbocycles. The number of nitrogens with zero attached hydrogens (tertiary/aromatic N) is 5. The topological polar surface area (TPSA) is 60.6 Å². The second-order valence-electron chi connectivity index (χ2n) is 11.4. The first-order valence-corrected chi connectivity index (χ1v) is 15.1. The van der Waals surface area contributed by atoms with Crippen LogP contribution in [0.25, 0.3) is 78.0 Å². The van der Waals surface area contributed by atoms with Gasteiger partial charge in [-0.2, -0.15) is 9.97 Å². The highest BCUT2D eigenvalue weighted by molar-refractivity contribution is 6.21. The Balaban J connectivity index is 1.33. The second-order valence-corrected chi connectivity index (χ2v) is 11.4. The number of para-hydroxylation sites is 4. The van der Waals surface area contributed by atoms with Crippen LogP contribution in [0.3, 0.4) is 0 Å². The van der Waals surface area contributed by atoms with Crippen molar-refractivity contribution >= 4 is 55.0 Å². The van der Waals surface area contributed by atoms with Crippen LogP contribution in [0.2, 0.25) is 0 Å². The molecule has 1 aliphatic rings. The molecule has 210 valence electrons. The van der Waals surface area contributed by atoms with Gasteiger partial charge in [-0.05, 0) is 36.4 Å². The molecule has 6 nitrogen and oxygen atoms in total. The highest BCUT2D eigenvalue weighted by atomic mass is 15.2. The molecule has 10 rings (SSSR count). The molecule has 0 radical (unpaired) electrons. The van der Waals surface area contributed by atoms with E-state index in [9.17, 15) is 0 Å². The molecule has 1 N–H and O–H groups in total. The number of fused-ring (bicyclic) bond motifs is 8. The van der Waals surface area contributed by atoms with Crippen LogP contribution in [-0.2, 0) is 0 Å². The molecule has 4 heterocycles. The second kappa shape index (κ2) is 9.11. The van der Waals surface area contributed by atoms with Gasteiger partial charge in [-0.15, -0.1) is 0 Å². The average molecular weight is 577 g/mol. The summed E-state index contributed by atoms with van der Waals surface area (Å²) in [7, 11) is 0. The maximum atomic E-state index is 5.12. The number of benzene rings is 6. The zero-order chi connectivity index (χ0) is 29.5. The molecule has 45 heavy (non-hydrogen) atoms. The van der Waals surface area contributed by atoms with Crippen molar-refractivity contribution in [2.45, 2.75) is 0 Å². The van der Waals surface area contributed by atoms with Gasteiger partial charge >= 0.3 is 0 Å². The van der Waals surface area contributed by atoms with Gasteiger partial charge in [0.1, 0.15) is 0 Å². The smallest absolute Gasteiger partial charge is 0.238 e. The number of aromatic nitrogens is 5. The third-order valence-electron chi connectivity index (χ3n) is 8.88. The normalized spacial score (nSPS) is 12.2. The predicted octanol–water partition coefficient (Wildman–Crippen LogP) is 9.46. The summed E-state index contributed by atoms with van der Waals surface area (Å²) < 4.78 is 4.60. The molecular formula is C39H24N6. The molecule has 6 heteroatoms. The number of nitrogens with one attached hydrogen (secondary N) is 1. The van der Waals surface area contributed by atoms with Gasteiger partial charge in [0.05, 0.1) is 39.1 Å². The monoisotopic (exact) mass is 576 g/mol. The van der Waals surface area contributed by atoms with Crippen molar-refractivity contribution in [2.75, 3.05) is 5.32 Å². The van der Waals surface area contributed by atoms with Crippen molar-refractivity contribution in [3.63, 3.8) is 0 Å². The molecule has 0 amide bonds. The van der Waals surface area contributed by atoms with E-state index < -0.39 is 0 Å². The molecule has 1 aliphatic heterocycles. The Kier molecular flexibility index (Phi) is 4.90. The molecule has 0 aliphatic carbocycles. The lowest BCUT2D eigenvalue weighted by Crippen LogP contribution is -2.07. The highest BCUT2D eigenvalue weighted by Crippen LogP contribution is 2.45. The van der Waals surface area contributed by atoms with E-state index in [1.54, 1.807) is 0 Å². The van der Waals surface area contributed by atoms with E-state index >= 15 is 0 Å². The SMILES string of the molecule is c1ccc(-c2nc(-c3ccccc3)nc(-n3c4ccccc4c4cc5c(cc43)c3cccc4c3n5-c3ccccc3N4)n2)cc1. The van der Waals surface area contributed by atoms with Crippen LogP contribution < -0.4 is 5.32 Å². The Hall–Kier alpha value is -6.27. The summed E-state index contributed by atoms with van der Waals surface area (Å²) in [5.74, 6) is 1.87. The van der Waals surface area contributed by atoms with E-state index in [0.29, 0.717) is 17.6 Å². The first kappa shape index (κ1) is 24.2. The van der Waals surface area contributed by atoms with Crippen LogP contribution in [0.1, 0.15) is 0 Å². The average Bonchev–Trinajstić information content (AvgIpc) is 3.61. The third-order valence-corrected chi connectivity index (χ3v) is 8.88. The van der Waals surface area contributed by atoms with Crippen molar-refractivity contribution in [3.05, 3.63) is 140 Å². The quantitative estimate of drug-likeness (QED) is 0.228. The Morgan fingerprint density at radius 1 is 0.422 bits per heavy atom. The van der Waals surface area contributed by atoms with E-state index in [1.165, 1.54) is 21.8 Å². The standard InChI is InChI=1S/C39H24N6/c1-3-12-24(13-4-1)37-41-38(25-14-5-2-6-15-25)43-39(42-37)45-32-20-9-7-16-26(32)28-22-34-29(23-35(28)45)27-17-11-19-31-36(27)44(34)33-21-10-8-18-30(33)40-31/h1-23,40H. The van der Waals surface area contributed by atoms with Crippen molar-refractivity contribution in [3.8, 4) is 34.4 Å². The van der Waals surface area contributed by atoms with Gasteiger partial charge in [-0.3, -0.25) is 4.57 Å². The van der Waals surface area contributed by atoms with Gasteiger partial charge < -0.3 is 9.88 Å². The number of anilines is 2. The summed E-state index contributed by atoms with van der Waals surface area (Å²) in [5, 5.41) is 8.35. The summed E-state index contributed by atoms with van der Waals surface area (Å²) in [5.41, 5.74) is 9.72. The maximum absolute atomic E-state index is 5.12. The van der Waals surface area contributed by atoms with Crippen LogP contribution in [0.4, 0.5) is 11.4 Å². The first-order chi connectivity index (χ1) is 22.3. The molecule has 0 saturated heterocycles. The fraction of sp³-hybridized carbons (Fsp3) is 0. The molecule has 9 aromatic rings. The van der Waals surface area contributed by atoms with E-state index in [1.807, 2.05) is 60.7 Å². The Morgan fingerprint density at radius 3 is 1.76 bits per heavy atom. The fourth-order valence-electron chi connectivity index (χ4n) is 6.91. The minimum absolute atomic E-state index is 0.592. The fourth-order valence-corrected chi connectivity index (χ4v) is 6.91. The summed E-state index contributed by atoms with van der Waals surface area (Å²) in [6, 6.07) is 48.5. The van der Waals surface area contributed by atoms with Gasteiger partial charge in [-0.1, -0.05) is 103 Å². The minimum atomic E-state index is 0.592. The third kappa shape index (κ3) is 3.48. The summed E-state index contributed by atoms with van der Waals surface area (Å²) >= 11 is 0. The number of rotatable bonds is 3. The number of hydrogen-bond acceptors (Lipinski definition) is 4. The molecule has 3 aromatic heterocycles. The molecule has 0 bridgehead atoms. The zero-order valence-electron chi connectivity index (χ0n) is 24.0. The predicted molar refractivity (Wildman–Crippen MR) is 183 cm³/mol. The van der Waals surface area contributed by atoms with Gasteiger partial charge in [0.2, 0.25) is 5.95 Å². The van der Waals surface area contributed by atoms with E-state index in [0.717, 1.165) is 50.0 Å². The summed E-state index contributed by atoms with van der Waals surface area (Å²) in [4.78, 5) is 15.2. The highest BCUT2D eigenvalue weighted by Gasteiger charge is 2.24. The van der Waals surface area contributed by atoms with Crippen molar-refractivity contribution in [1.29, 1.82) is 0 Å². The maximum Gasteiger partial charge on any atom is 0.238 e. The van der Waals surface area contributed by atoms with Gasteiger partial charge in [0, 0.05) is 32.7 Å². The Bertz CT molecular complexity index is 2560. The van der Waals surface area contributed by atoms with Gasteiger partial charge in [-0.25, -0.2) is 4.98 Å².